The van der Waals surface area contributed by atoms with E-state index in [4.69, 9.17) is 4.74 Å². The first-order chi connectivity index (χ1) is 10.5. The zero-order valence-electron chi connectivity index (χ0n) is 13.5. The minimum atomic E-state index is -0.178. The van der Waals surface area contributed by atoms with Crippen LogP contribution >= 0.6 is 0 Å². The molecule has 2 rings (SSSR count). The predicted molar refractivity (Wildman–Crippen MR) is 89.4 cm³/mol. The maximum atomic E-state index is 12.6. The van der Waals surface area contributed by atoms with Crippen LogP contribution in [0.15, 0.2) is 42.5 Å². The van der Waals surface area contributed by atoms with Crippen molar-refractivity contribution in [2.45, 2.75) is 20.8 Å². The second-order valence-corrected chi connectivity index (χ2v) is 5.22. The minimum absolute atomic E-state index is 0.178. The number of methoxy groups -OCH3 is 1. The second-order valence-electron chi connectivity index (χ2n) is 5.22. The van der Waals surface area contributed by atoms with Gasteiger partial charge in [0.2, 0.25) is 0 Å². The van der Waals surface area contributed by atoms with Gasteiger partial charge in [0.05, 0.1) is 18.4 Å². The Hall–Kier alpha value is -2.49. The van der Waals surface area contributed by atoms with Crippen molar-refractivity contribution in [2.75, 3.05) is 18.7 Å². The lowest BCUT2D eigenvalue weighted by Crippen LogP contribution is -2.42. The molecule has 0 aliphatic heterocycles. The maximum Gasteiger partial charge on any atom is 0.273 e. The van der Waals surface area contributed by atoms with Gasteiger partial charge in [-0.3, -0.25) is 15.2 Å². The first-order valence-corrected chi connectivity index (χ1v) is 7.35. The van der Waals surface area contributed by atoms with E-state index in [2.05, 4.69) is 5.43 Å². The first-order valence-electron chi connectivity index (χ1n) is 7.35. The highest BCUT2D eigenvalue weighted by Crippen LogP contribution is 2.20. The van der Waals surface area contributed by atoms with Crippen LogP contribution in [0.3, 0.4) is 0 Å². The van der Waals surface area contributed by atoms with Crippen LogP contribution in [0.4, 0.5) is 5.69 Å². The summed E-state index contributed by atoms with van der Waals surface area (Å²) in [4.78, 5) is 12.6. The van der Waals surface area contributed by atoms with Crippen LogP contribution in [-0.4, -0.2) is 19.6 Å². The van der Waals surface area contributed by atoms with Gasteiger partial charge in [0, 0.05) is 6.54 Å². The highest BCUT2D eigenvalue weighted by Gasteiger charge is 2.15. The Bertz CT molecular complexity index is 651. The molecular weight excluding hydrogens is 276 g/mol. The Morgan fingerprint density at radius 1 is 1.09 bits per heavy atom. The van der Waals surface area contributed by atoms with E-state index in [0.717, 1.165) is 11.3 Å². The molecule has 1 amide bonds. The molecule has 4 nitrogen and oxygen atoms in total. The van der Waals surface area contributed by atoms with Gasteiger partial charge >= 0.3 is 0 Å². The van der Waals surface area contributed by atoms with E-state index in [0.29, 0.717) is 17.9 Å². The number of rotatable bonds is 5. The minimum Gasteiger partial charge on any atom is -0.496 e. The summed E-state index contributed by atoms with van der Waals surface area (Å²) in [5, 5.41) is 1.82. The molecule has 0 fully saturated rings. The number of anilines is 1. The highest BCUT2D eigenvalue weighted by molar-refractivity contribution is 5.98. The van der Waals surface area contributed by atoms with Crippen molar-refractivity contribution in [3.63, 3.8) is 0 Å². The number of ether oxygens (including phenoxy) is 1. The Balaban J connectivity index is 2.22. The van der Waals surface area contributed by atoms with Crippen LogP contribution in [-0.2, 0) is 0 Å². The fourth-order valence-corrected chi connectivity index (χ4v) is 2.23. The van der Waals surface area contributed by atoms with Crippen molar-refractivity contribution in [3.8, 4) is 5.75 Å². The summed E-state index contributed by atoms with van der Waals surface area (Å²) in [5.74, 6) is 0.394. The number of nitrogens with zero attached hydrogens (tertiary/aromatic N) is 1. The molecule has 0 radical (unpaired) electrons. The third-order valence-electron chi connectivity index (χ3n) is 3.50. The average Bonchev–Trinajstić information content (AvgIpc) is 2.53. The van der Waals surface area contributed by atoms with Crippen LogP contribution in [0.25, 0.3) is 0 Å². The Labute approximate surface area is 131 Å². The largest absolute Gasteiger partial charge is 0.496 e. The molecule has 4 heteroatoms. The number of amides is 1. The maximum absolute atomic E-state index is 12.6. The van der Waals surface area contributed by atoms with Crippen molar-refractivity contribution in [2.24, 2.45) is 0 Å². The van der Waals surface area contributed by atoms with Gasteiger partial charge < -0.3 is 4.74 Å². The van der Waals surface area contributed by atoms with Gasteiger partial charge in [-0.05, 0) is 45.0 Å². The normalized spacial score (nSPS) is 10.2. The number of hydrazine groups is 1. The van der Waals surface area contributed by atoms with Crippen molar-refractivity contribution < 1.29 is 9.53 Å². The number of hydrogen-bond acceptors (Lipinski definition) is 3. The van der Waals surface area contributed by atoms with E-state index in [-0.39, 0.29) is 5.91 Å². The van der Waals surface area contributed by atoms with E-state index < -0.39 is 0 Å². The van der Waals surface area contributed by atoms with Crippen molar-refractivity contribution >= 4 is 11.6 Å². The van der Waals surface area contributed by atoms with E-state index in [1.165, 1.54) is 5.56 Å². The Morgan fingerprint density at radius 2 is 1.73 bits per heavy atom. The molecule has 2 aromatic rings. The van der Waals surface area contributed by atoms with Gasteiger partial charge in [-0.15, -0.1) is 0 Å². The lowest BCUT2D eigenvalue weighted by atomic mass is 10.1. The zero-order valence-corrected chi connectivity index (χ0v) is 13.5. The van der Waals surface area contributed by atoms with Crippen molar-refractivity contribution in [3.05, 3.63) is 59.2 Å². The second kappa shape index (κ2) is 6.98. The van der Waals surface area contributed by atoms with Crippen molar-refractivity contribution in [1.29, 1.82) is 0 Å². The third kappa shape index (κ3) is 3.58. The smallest absolute Gasteiger partial charge is 0.273 e. The van der Waals surface area contributed by atoms with E-state index in [1.54, 1.807) is 7.11 Å². The summed E-state index contributed by atoms with van der Waals surface area (Å²) in [6, 6.07) is 13.6. The molecule has 0 heterocycles. The monoisotopic (exact) mass is 298 g/mol. The molecule has 0 aromatic heterocycles. The molecule has 0 saturated carbocycles. The number of nitrogens with one attached hydrogen (secondary N) is 1. The lowest BCUT2D eigenvalue weighted by molar-refractivity contribution is 0.0946. The van der Waals surface area contributed by atoms with Gasteiger partial charge in [-0.2, -0.15) is 0 Å². The van der Waals surface area contributed by atoms with Crippen LogP contribution in [0.5, 0.6) is 5.75 Å². The number of carbonyl (C=O) groups excluding carboxylic acids is 1. The predicted octanol–water partition coefficient (Wildman–Crippen LogP) is 3.48. The molecule has 2 aromatic carbocycles. The standard InChI is InChI=1S/C18H22N2O2/c1-5-20(15-9-6-13(2)7-10-15)19-18(21)16-12-14(3)8-11-17(16)22-4/h6-12H,5H2,1-4H3,(H,19,21). The summed E-state index contributed by atoms with van der Waals surface area (Å²) in [6.45, 7) is 6.65. The van der Waals surface area contributed by atoms with Crippen LogP contribution in [0.2, 0.25) is 0 Å². The molecule has 0 aliphatic carbocycles. The molecule has 0 saturated heterocycles. The molecular formula is C18H22N2O2. The SMILES string of the molecule is CCN(NC(=O)c1cc(C)ccc1OC)c1ccc(C)cc1. The first kappa shape index (κ1) is 15.9. The van der Waals surface area contributed by atoms with Crippen molar-refractivity contribution in [1.82, 2.24) is 5.43 Å². The summed E-state index contributed by atoms with van der Waals surface area (Å²) in [7, 11) is 1.57. The van der Waals surface area contributed by atoms with E-state index in [9.17, 15) is 4.79 Å². The molecule has 0 unspecified atom stereocenters. The van der Waals surface area contributed by atoms with E-state index in [1.807, 2.05) is 68.2 Å². The molecule has 22 heavy (non-hydrogen) atoms. The van der Waals surface area contributed by atoms with Gasteiger partial charge in [0.1, 0.15) is 5.75 Å². The number of carbonyl (C=O) groups is 1. The summed E-state index contributed by atoms with van der Waals surface area (Å²) in [6.07, 6.45) is 0. The van der Waals surface area contributed by atoms with E-state index >= 15 is 0 Å². The quantitative estimate of drug-likeness (QED) is 0.859. The fraction of sp³-hybridized carbons (Fsp3) is 0.278. The summed E-state index contributed by atoms with van der Waals surface area (Å²) in [5.41, 5.74) is 6.63. The molecule has 0 aliphatic rings. The van der Waals surface area contributed by atoms with Gasteiger partial charge in [-0.25, -0.2) is 0 Å². The number of aryl methyl sites for hydroxylation is 2. The van der Waals surface area contributed by atoms with Crippen LogP contribution in [0.1, 0.15) is 28.4 Å². The van der Waals surface area contributed by atoms with Gasteiger partial charge in [-0.1, -0.05) is 29.3 Å². The fourth-order valence-electron chi connectivity index (χ4n) is 2.23. The summed E-state index contributed by atoms with van der Waals surface area (Å²) >= 11 is 0. The number of benzene rings is 2. The summed E-state index contributed by atoms with van der Waals surface area (Å²) < 4.78 is 5.28. The molecule has 0 bridgehead atoms. The molecule has 116 valence electrons. The highest BCUT2D eigenvalue weighted by atomic mass is 16.5. The topological polar surface area (TPSA) is 41.6 Å². The number of hydrogen-bond donors (Lipinski definition) is 1. The van der Waals surface area contributed by atoms with Crippen LogP contribution in [0, 0.1) is 13.8 Å². The molecule has 0 atom stereocenters. The van der Waals surface area contributed by atoms with Gasteiger partial charge in [0.25, 0.3) is 5.91 Å². The molecule has 0 spiro atoms. The van der Waals surface area contributed by atoms with Gasteiger partial charge in [0.15, 0.2) is 0 Å². The Morgan fingerprint density at radius 3 is 2.32 bits per heavy atom. The lowest BCUT2D eigenvalue weighted by Gasteiger charge is -2.24. The Kier molecular flexibility index (Phi) is 5.04. The average molecular weight is 298 g/mol. The molecule has 1 N–H and O–H groups in total. The zero-order chi connectivity index (χ0) is 16.1. The van der Waals surface area contributed by atoms with Crippen LogP contribution < -0.4 is 15.2 Å². The third-order valence-corrected chi connectivity index (χ3v) is 3.50.